The topological polar surface area (TPSA) is 85.9 Å². The molecular weight excluding hydrogens is 360 g/mol. The summed E-state index contributed by atoms with van der Waals surface area (Å²) in [6.45, 7) is 7.67. The Morgan fingerprint density at radius 1 is 0.929 bits per heavy atom. The van der Waals surface area contributed by atoms with E-state index in [4.69, 9.17) is 14.2 Å². The average Bonchev–Trinajstić information content (AvgIpc) is 2.67. The van der Waals surface area contributed by atoms with Crippen molar-refractivity contribution in [3.63, 3.8) is 0 Å². The molecule has 2 rings (SSSR count). The molecule has 7 heteroatoms. The molecule has 2 N–H and O–H groups in total. The summed E-state index contributed by atoms with van der Waals surface area (Å²) in [7, 11) is 0. The van der Waals surface area contributed by atoms with Gasteiger partial charge in [-0.05, 0) is 63.1 Å². The summed E-state index contributed by atoms with van der Waals surface area (Å²) < 4.78 is 16.4. The Labute approximate surface area is 165 Å². The smallest absolute Gasteiger partial charge is 0.279 e. The molecule has 0 bridgehead atoms. The van der Waals surface area contributed by atoms with E-state index in [0.29, 0.717) is 18.1 Å². The largest absolute Gasteiger partial charge is 0.494 e. The van der Waals surface area contributed by atoms with Crippen LogP contribution in [0.3, 0.4) is 0 Å². The molecule has 2 aromatic carbocycles. The van der Waals surface area contributed by atoms with E-state index in [-0.39, 0.29) is 6.61 Å². The van der Waals surface area contributed by atoms with Crippen molar-refractivity contribution in [1.82, 2.24) is 10.9 Å². The highest BCUT2D eigenvalue weighted by atomic mass is 16.5. The molecule has 0 radical (unpaired) electrons. The number of carbonyl (C=O) groups excluding carboxylic acids is 2. The molecule has 0 aliphatic heterocycles. The summed E-state index contributed by atoms with van der Waals surface area (Å²) in [5.41, 5.74) is 6.53. The van der Waals surface area contributed by atoms with Crippen LogP contribution in [0.15, 0.2) is 42.5 Å². The second-order valence-electron chi connectivity index (χ2n) is 6.21. The first-order valence-corrected chi connectivity index (χ1v) is 9.08. The lowest BCUT2D eigenvalue weighted by Gasteiger charge is -2.16. The minimum absolute atomic E-state index is 0.208. The predicted molar refractivity (Wildman–Crippen MR) is 105 cm³/mol. The van der Waals surface area contributed by atoms with E-state index in [1.165, 1.54) is 0 Å². The molecule has 0 heterocycles. The van der Waals surface area contributed by atoms with Gasteiger partial charge in [0, 0.05) is 0 Å². The molecule has 0 saturated carbocycles. The van der Waals surface area contributed by atoms with Crippen LogP contribution in [-0.2, 0) is 9.59 Å². The molecule has 0 saturated heterocycles. The first-order valence-electron chi connectivity index (χ1n) is 9.08. The highest BCUT2D eigenvalue weighted by Crippen LogP contribution is 2.22. The Morgan fingerprint density at radius 3 is 2.14 bits per heavy atom. The Hall–Kier alpha value is -3.22. The van der Waals surface area contributed by atoms with Crippen molar-refractivity contribution < 1.29 is 23.8 Å². The molecule has 2 aromatic rings. The van der Waals surface area contributed by atoms with Gasteiger partial charge in [-0.2, -0.15) is 0 Å². The second kappa shape index (κ2) is 10.2. The molecule has 0 spiro atoms. The van der Waals surface area contributed by atoms with Crippen LogP contribution >= 0.6 is 0 Å². The molecule has 150 valence electrons. The highest BCUT2D eigenvalue weighted by molar-refractivity contribution is 5.85. The minimum atomic E-state index is -0.794. The van der Waals surface area contributed by atoms with Crippen molar-refractivity contribution in [3.05, 3.63) is 53.6 Å². The van der Waals surface area contributed by atoms with Gasteiger partial charge in [0.15, 0.2) is 12.7 Å². The van der Waals surface area contributed by atoms with Crippen molar-refractivity contribution in [1.29, 1.82) is 0 Å². The van der Waals surface area contributed by atoms with Crippen LogP contribution in [0, 0.1) is 13.8 Å². The van der Waals surface area contributed by atoms with E-state index < -0.39 is 17.9 Å². The third kappa shape index (κ3) is 6.19. The lowest BCUT2D eigenvalue weighted by atomic mass is 10.1. The Kier molecular flexibility index (Phi) is 7.68. The summed E-state index contributed by atoms with van der Waals surface area (Å²) in [5, 5.41) is 0. The maximum absolute atomic E-state index is 12.1. The van der Waals surface area contributed by atoms with E-state index >= 15 is 0 Å². The quantitative estimate of drug-likeness (QED) is 0.682. The molecule has 0 aromatic heterocycles. The van der Waals surface area contributed by atoms with Gasteiger partial charge in [0.25, 0.3) is 11.8 Å². The summed E-state index contributed by atoms with van der Waals surface area (Å²) in [6, 6.07) is 12.7. The number of para-hydroxylation sites is 1. The van der Waals surface area contributed by atoms with Gasteiger partial charge < -0.3 is 14.2 Å². The Morgan fingerprint density at radius 2 is 1.54 bits per heavy atom. The van der Waals surface area contributed by atoms with Crippen molar-refractivity contribution in [2.24, 2.45) is 0 Å². The van der Waals surface area contributed by atoms with E-state index in [2.05, 4.69) is 10.9 Å². The number of amides is 2. The van der Waals surface area contributed by atoms with E-state index in [9.17, 15) is 9.59 Å². The van der Waals surface area contributed by atoms with Crippen LogP contribution in [0.1, 0.15) is 25.0 Å². The zero-order chi connectivity index (χ0) is 20.5. The van der Waals surface area contributed by atoms with Gasteiger partial charge in [0.2, 0.25) is 0 Å². The molecule has 1 atom stereocenters. The van der Waals surface area contributed by atoms with Gasteiger partial charge in [0.05, 0.1) is 6.61 Å². The maximum Gasteiger partial charge on any atom is 0.279 e. The zero-order valence-corrected chi connectivity index (χ0v) is 16.6. The first-order chi connectivity index (χ1) is 13.4. The second-order valence-corrected chi connectivity index (χ2v) is 6.21. The zero-order valence-electron chi connectivity index (χ0n) is 16.6. The third-order valence-electron chi connectivity index (χ3n) is 3.90. The monoisotopic (exact) mass is 386 g/mol. The van der Waals surface area contributed by atoms with Gasteiger partial charge in [-0.25, -0.2) is 0 Å². The Bertz CT molecular complexity index is 785. The SMILES string of the molecule is CCOc1ccc(O[C@@H](C)C(=O)NNC(=O)COc2c(C)cccc2C)cc1. The van der Waals surface area contributed by atoms with E-state index in [0.717, 1.165) is 16.9 Å². The molecule has 0 aliphatic rings. The number of hydrazine groups is 1. The van der Waals surface area contributed by atoms with E-state index in [1.807, 2.05) is 39.0 Å². The highest BCUT2D eigenvalue weighted by Gasteiger charge is 2.16. The van der Waals surface area contributed by atoms with Crippen LogP contribution in [0.5, 0.6) is 17.2 Å². The van der Waals surface area contributed by atoms with Crippen molar-refractivity contribution in [2.45, 2.75) is 33.8 Å². The first kappa shape index (κ1) is 21.1. The fraction of sp³-hybridized carbons (Fsp3) is 0.333. The number of ether oxygens (including phenoxy) is 3. The van der Waals surface area contributed by atoms with Crippen LogP contribution in [-0.4, -0.2) is 31.1 Å². The van der Waals surface area contributed by atoms with Crippen molar-refractivity contribution in [3.8, 4) is 17.2 Å². The molecule has 7 nitrogen and oxygen atoms in total. The summed E-state index contributed by atoms with van der Waals surface area (Å²) in [6.07, 6.45) is -0.794. The molecule has 0 aliphatic carbocycles. The third-order valence-corrected chi connectivity index (χ3v) is 3.90. The number of rotatable bonds is 8. The summed E-state index contributed by atoms with van der Waals surface area (Å²) in [4.78, 5) is 24.0. The number of nitrogens with one attached hydrogen (secondary N) is 2. The molecule has 28 heavy (non-hydrogen) atoms. The fourth-order valence-electron chi connectivity index (χ4n) is 2.47. The molecule has 0 unspecified atom stereocenters. The van der Waals surface area contributed by atoms with Gasteiger partial charge in [-0.3, -0.25) is 20.4 Å². The normalized spacial score (nSPS) is 11.3. The summed E-state index contributed by atoms with van der Waals surface area (Å²) >= 11 is 0. The minimum Gasteiger partial charge on any atom is -0.494 e. The fourth-order valence-corrected chi connectivity index (χ4v) is 2.47. The standard InChI is InChI=1S/C21H26N2O5/c1-5-26-17-9-11-18(12-10-17)28-16(4)21(25)23-22-19(24)13-27-20-14(2)7-6-8-15(20)3/h6-12,16H,5,13H2,1-4H3,(H,22,24)(H,23,25)/t16-/m0/s1. The van der Waals surface area contributed by atoms with Gasteiger partial charge in [-0.15, -0.1) is 0 Å². The average molecular weight is 386 g/mol. The molecule has 2 amide bonds. The van der Waals surface area contributed by atoms with Crippen LogP contribution < -0.4 is 25.1 Å². The molecule has 0 fully saturated rings. The van der Waals surface area contributed by atoms with Crippen LogP contribution in [0.25, 0.3) is 0 Å². The van der Waals surface area contributed by atoms with Crippen molar-refractivity contribution in [2.75, 3.05) is 13.2 Å². The number of carbonyl (C=O) groups is 2. The molecular formula is C21H26N2O5. The van der Waals surface area contributed by atoms with Gasteiger partial charge in [-0.1, -0.05) is 18.2 Å². The van der Waals surface area contributed by atoms with Gasteiger partial charge >= 0.3 is 0 Å². The maximum atomic E-state index is 12.1. The predicted octanol–water partition coefficient (Wildman–Crippen LogP) is 2.70. The van der Waals surface area contributed by atoms with Gasteiger partial charge in [0.1, 0.15) is 17.2 Å². The van der Waals surface area contributed by atoms with Crippen molar-refractivity contribution >= 4 is 11.8 Å². The Balaban J connectivity index is 1.76. The van der Waals surface area contributed by atoms with E-state index in [1.54, 1.807) is 31.2 Å². The number of aryl methyl sites for hydroxylation is 2. The lowest BCUT2D eigenvalue weighted by molar-refractivity contribution is -0.133. The summed E-state index contributed by atoms with van der Waals surface area (Å²) in [5.74, 6) is 0.966. The number of hydrogen-bond acceptors (Lipinski definition) is 5. The lowest BCUT2D eigenvalue weighted by Crippen LogP contribution is -2.48. The number of hydrogen-bond donors (Lipinski definition) is 2. The van der Waals surface area contributed by atoms with Crippen LogP contribution in [0.2, 0.25) is 0 Å². The van der Waals surface area contributed by atoms with Crippen LogP contribution in [0.4, 0.5) is 0 Å². The number of benzene rings is 2.